The van der Waals surface area contributed by atoms with Crippen molar-refractivity contribution in [1.29, 1.82) is 0 Å². The van der Waals surface area contributed by atoms with Gasteiger partial charge in [-0.2, -0.15) is 0 Å². The Kier molecular flexibility index (Phi) is 6.42. The number of carbonyl (C=O) groups is 2. The molecular weight excluding hydrogens is 434 g/mol. The van der Waals surface area contributed by atoms with E-state index in [2.05, 4.69) is 6.07 Å². The predicted molar refractivity (Wildman–Crippen MR) is 130 cm³/mol. The zero-order chi connectivity index (χ0) is 23.7. The molecule has 2 aromatic carbocycles. The molecule has 0 radical (unpaired) electrons. The number of aromatic nitrogens is 1. The third kappa shape index (κ3) is 4.47. The third-order valence-electron chi connectivity index (χ3n) is 6.21. The van der Waals surface area contributed by atoms with Crippen LogP contribution in [0.2, 0.25) is 0 Å². The molecule has 2 saturated heterocycles. The van der Waals surface area contributed by atoms with Crippen molar-refractivity contribution in [2.45, 2.75) is 13.8 Å². The first kappa shape index (κ1) is 22.7. The monoisotopic (exact) mass is 463 g/mol. The summed E-state index contributed by atoms with van der Waals surface area (Å²) in [5.74, 6) is -0.0983. The van der Waals surface area contributed by atoms with E-state index in [0.717, 1.165) is 33.2 Å². The largest absolute Gasteiger partial charge is 0.379 e. The molecule has 0 spiro atoms. The topological polar surface area (TPSA) is 78.5 Å². The molecule has 5 rings (SSSR count). The molecule has 3 heterocycles. The maximum atomic E-state index is 12.5. The first-order valence-electron chi connectivity index (χ1n) is 11.6. The van der Waals surface area contributed by atoms with Crippen molar-refractivity contribution in [3.8, 4) is 0 Å². The van der Waals surface area contributed by atoms with Gasteiger partial charge in [0.2, 0.25) is 11.8 Å². The van der Waals surface area contributed by atoms with Gasteiger partial charge < -0.3 is 9.47 Å². The standard InChI is InChI=1S/C25H29N5O4/c1-18(31)29(27-7-11-33-12-8-27)22-5-3-20-15-21-4-6-23(17-25(21)26-24(20)16-22)30(19(2)32)28-9-13-34-14-10-28/h3-6,15-17H,7-14H2,1-2H3. The van der Waals surface area contributed by atoms with Crippen LogP contribution >= 0.6 is 0 Å². The van der Waals surface area contributed by atoms with E-state index in [1.54, 1.807) is 23.9 Å². The lowest BCUT2D eigenvalue weighted by Crippen LogP contribution is -2.51. The average Bonchev–Trinajstić information content (AvgIpc) is 2.84. The first-order valence-corrected chi connectivity index (χ1v) is 11.6. The Labute approximate surface area is 198 Å². The Morgan fingerprint density at radius 3 is 1.50 bits per heavy atom. The zero-order valence-electron chi connectivity index (χ0n) is 19.6. The molecule has 9 heteroatoms. The summed E-state index contributed by atoms with van der Waals surface area (Å²) in [4.78, 5) is 29.9. The summed E-state index contributed by atoms with van der Waals surface area (Å²) in [5.41, 5.74) is 3.15. The molecule has 0 aliphatic carbocycles. The van der Waals surface area contributed by atoms with Crippen molar-refractivity contribution >= 4 is 45.0 Å². The summed E-state index contributed by atoms with van der Waals surface area (Å²) in [7, 11) is 0. The van der Waals surface area contributed by atoms with Crippen LogP contribution in [0.25, 0.3) is 21.8 Å². The van der Waals surface area contributed by atoms with Gasteiger partial charge in [0.25, 0.3) is 0 Å². The van der Waals surface area contributed by atoms with Gasteiger partial charge in [0.1, 0.15) is 0 Å². The first-order chi connectivity index (χ1) is 16.5. The van der Waals surface area contributed by atoms with E-state index in [9.17, 15) is 9.59 Å². The fraction of sp³-hybridized carbons (Fsp3) is 0.400. The van der Waals surface area contributed by atoms with Crippen molar-refractivity contribution < 1.29 is 19.1 Å². The normalized spacial score (nSPS) is 17.7. The Bertz CT molecular complexity index is 1130. The van der Waals surface area contributed by atoms with Crippen LogP contribution in [0.15, 0.2) is 42.5 Å². The quantitative estimate of drug-likeness (QED) is 0.551. The maximum Gasteiger partial charge on any atom is 0.238 e. The lowest BCUT2D eigenvalue weighted by molar-refractivity contribution is -0.121. The zero-order valence-corrected chi connectivity index (χ0v) is 19.6. The van der Waals surface area contributed by atoms with Crippen molar-refractivity contribution in [1.82, 2.24) is 15.0 Å². The van der Waals surface area contributed by atoms with Crippen LogP contribution in [0, 0.1) is 0 Å². The fourth-order valence-corrected chi connectivity index (χ4v) is 4.66. The highest BCUT2D eigenvalue weighted by molar-refractivity contribution is 5.99. The number of carbonyl (C=O) groups excluding carboxylic acids is 2. The molecule has 0 saturated carbocycles. The Balaban J connectivity index is 1.53. The number of fused-ring (bicyclic) bond motifs is 2. The molecule has 34 heavy (non-hydrogen) atoms. The van der Waals surface area contributed by atoms with Gasteiger partial charge >= 0.3 is 0 Å². The van der Waals surface area contributed by atoms with Crippen LogP contribution in [0.5, 0.6) is 0 Å². The van der Waals surface area contributed by atoms with Crippen LogP contribution in [0.1, 0.15) is 13.8 Å². The van der Waals surface area contributed by atoms with E-state index in [1.807, 2.05) is 46.4 Å². The summed E-state index contributed by atoms with van der Waals surface area (Å²) in [6, 6.07) is 13.9. The number of rotatable bonds is 4. The molecule has 0 N–H and O–H groups in total. The number of hydrazine groups is 2. The van der Waals surface area contributed by atoms with Crippen LogP contribution in [-0.4, -0.2) is 79.4 Å². The number of ether oxygens (including phenoxy) is 2. The number of morpholine rings is 2. The molecule has 0 atom stereocenters. The molecule has 2 fully saturated rings. The summed E-state index contributed by atoms with van der Waals surface area (Å²) in [5, 5.41) is 9.43. The summed E-state index contributed by atoms with van der Waals surface area (Å²) in [6.07, 6.45) is 0. The molecular formula is C25H29N5O4. The molecule has 9 nitrogen and oxygen atoms in total. The van der Waals surface area contributed by atoms with Gasteiger partial charge in [-0.15, -0.1) is 0 Å². The van der Waals surface area contributed by atoms with E-state index in [4.69, 9.17) is 14.5 Å². The number of hydrogen-bond donors (Lipinski definition) is 0. The van der Waals surface area contributed by atoms with Gasteiger partial charge in [-0.05, 0) is 30.3 Å². The number of benzene rings is 2. The van der Waals surface area contributed by atoms with Crippen LogP contribution in [0.4, 0.5) is 11.4 Å². The van der Waals surface area contributed by atoms with Crippen LogP contribution in [0.3, 0.4) is 0 Å². The number of anilines is 2. The molecule has 0 bridgehead atoms. The van der Waals surface area contributed by atoms with Crippen molar-refractivity contribution in [3.05, 3.63) is 42.5 Å². The Morgan fingerprint density at radius 1 is 0.706 bits per heavy atom. The lowest BCUT2D eigenvalue weighted by atomic mass is 10.1. The van der Waals surface area contributed by atoms with Gasteiger partial charge in [-0.25, -0.2) is 25.0 Å². The van der Waals surface area contributed by atoms with Gasteiger partial charge in [0.05, 0.1) is 48.8 Å². The molecule has 178 valence electrons. The molecule has 2 amide bonds. The molecule has 3 aromatic rings. The van der Waals surface area contributed by atoms with Crippen molar-refractivity contribution in [2.24, 2.45) is 0 Å². The summed E-state index contributed by atoms with van der Waals surface area (Å²) >= 11 is 0. The third-order valence-corrected chi connectivity index (χ3v) is 6.21. The minimum Gasteiger partial charge on any atom is -0.379 e. The van der Waals surface area contributed by atoms with E-state index in [-0.39, 0.29) is 11.8 Å². The second-order valence-electron chi connectivity index (χ2n) is 8.54. The Morgan fingerprint density at radius 2 is 1.12 bits per heavy atom. The van der Waals surface area contributed by atoms with Crippen molar-refractivity contribution in [2.75, 3.05) is 62.6 Å². The van der Waals surface area contributed by atoms with Gasteiger partial charge in [0, 0.05) is 50.8 Å². The fourth-order valence-electron chi connectivity index (χ4n) is 4.66. The van der Waals surface area contributed by atoms with Gasteiger partial charge in [0.15, 0.2) is 0 Å². The van der Waals surface area contributed by atoms with E-state index >= 15 is 0 Å². The highest BCUT2D eigenvalue weighted by Crippen LogP contribution is 2.29. The highest BCUT2D eigenvalue weighted by atomic mass is 16.5. The van der Waals surface area contributed by atoms with E-state index in [0.29, 0.717) is 52.6 Å². The molecule has 2 aliphatic heterocycles. The molecule has 2 aliphatic rings. The maximum absolute atomic E-state index is 12.5. The molecule has 1 aromatic heterocycles. The van der Waals surface area contributed by atoms with E-state index in [1.165, 1.54) is 0 Å². The Hall–Kier alpha value is -3.11. The summed E-state index contributed by atoms with van der Waals surface area (Å²) < 4.78 is 10.9. The lowest BCUT2D eigenvalue weighted by Gasteiger charge is -2.36. The number of hydrogen-bond acceptors (Lipinski definition) is 7. The molecule has 0 unspecified atom stereocenters. The smallest absolute Gasteiger partial charge is 0.238 e. The second kappa shape index (κ2) is 9.63. The predicted octanol–water partition coefficient (Wildman–Crippen LogP) is 2.59. The van der Waals surface area contributed by atoms with Crippen LogP contribution < -0.4 is 10.0 Å². The summed E-state index contributed by atoms with van der Waals surface area (Å²) in [6.45, 7) is 8.17. The second-order valence-corrected chi connectivity index (χ2v) is 8.54. The average molecular weight is 464 g/mol. The SMILES string of the molecule is CC(=O)N(c1ccc2cc3ccc(N(C(C)=O)N4CCOCC4)cc3nc2c1)N1CCOCC1. The van der Waals surface area contributed by atoms with E-state index < -0.39 is 0 Å². The number of nitrogens with zero attached hydrogens (tertiary/aromatic N) is 5. The van der Waals surface area contributed by atoms with Gasteiger partial charge in [-0.3, -0.25) is 9.59 Å². The van der Waals surface area contributed by atoms with Crippen LogP contribution in [-0.2, 0) is 19.1 Å². The number of amides is 2. The minimum absolute atomic E-state index is 0.0491. The van der Waals surface area contributed by atoms with Crippen molar-refractivity contribution in [3.63, 3.8) is 0 Å². The van der Waals surface area contributed by atoms with Gasteiger partial charge in [-0.1, -0.05) is 12.1 Å². The number of pyridine rings is 1. The minimum atomic E-state index is -0.0491. The highest BCUT2D eigenvalue weighted by Gasteiger charge is 2.24.